The number of carboxylic acid groups (broad SMARTS) is 1. The molecule has 37 heavy (non-hydrogen) atoms. The third-order valence-corrected chi connectivity index (χ3v) is 7.87. The van der Waals surface area contributed by atoms with E-state index in [1.165, 1.54) is 0 Å². The number of likely N-dealkylation sites (tertiary alicyclic amines) is 1. The molecule has 0 spiro atoms. The second-order valence-corrected chi connectivity index (χ2v) is 10.6. The van der Waals surface area contributed by atoms with E-state index in [0.29, 0.717) is 11.6 Å². The molecule has 5 nitrogen and oxygen atoms in total. The number of hydrogen-bond acceptors (Lipinski definition) is 3. The number of benzene rings is 3. The van der Waals surface area contributed by atoms with Crippen LogP contribution in [0.2, 0.25) is 0 Å². The molecule has 0 aromatic heterocycles. The van der Waals surface area contributed by atoms with Crippen molar-refractivity contribution in [2.45, 2.75) is 63.5 Å². The Kier molecular flexibility index (Phi) is 8.78. The third-order valence-electron chi connectivity index (χ3n) is 7.87. The fourth-order valence-electron chi connectivity index (χ4n) is 5.52. The lowest BCUT2D eigenvalue weighted by molar-refractivity contribution is -0.138. The van der Waals surface area contributed by atoms with Crippen molar-refractivity contribution in [3.63, 3.8) is 0 Å². The number of rotatable bonds is 10. The average molecular weight is 499 g/mol. The molecule has 1 fully saturated rings. The van der Waals surface area contributed by atoms with Crippen LogP contribution in [0, 0.1) is 0 Å². The Bertz CT molecular complexity index is 1170. The number of aliphatic carboxylic acids is 1. The molecule has 194 valence electrons. The molecule has 0 aliphatic carbocycles. The lowest BCUT2D eigenvalue weighted by atomic mass is 9.75. The van der Waals surface area contributed by atoms with Crippen LogP contribution in [0.3, 0.4) is 0 Å². The van der Waals surface area contributed by atoms with Crippen molar-refractivity contribution in [1.82, 2.24) is 10.2 Å². The van der Waals surface area contributed by atoms with E-state index >= 15 is 0 Å². The van der Waals surface area contributed by atoms with Gasteiger partial charge in [-0.05, 0) is 55.4 Å². The number of nitrogens with one attached hydrogen (secondary N) is 1. The van der Waals surface area contributed by atoms with Crippen molar-refractivity contribution in [1.29, 1.82) is 0 Å². The van der Waals surface area contributed by atoms with Crippen LogP contribution in [0.15, 0.2) is 84.9 Å². The summed E-state index contributed by atoms with van der Waals surface area (Å²) in [4.78, 5) is 27.3. The van der Waals surface area contributed by atoms with Crippen molar-refractivity contribution in [3.8, 4) is 11.1 Å². The van der Waals surface area contributed by atoms with Gasteiger partial charge < -0.3 is 15.3 Å². The van der Waals surface area contributed by atoms with Gasteiger partial charge in [-0.15, -0.1) is 0 Å². The van der Waals surface area contributed by atoms with Gasteiger partial charge in [0, 0.05) is 36.2 Å². The Labute approximate surface area is 220 Å². The standard InChI is InChI=1S/C32H38N2O3/c1-24(17-20-32(2,23-30(35)36)26-13-7-4-8-14-26)34-21-18-27(19-22-34)33-31(37)29-16-10-9-15-28(29)25-11-5-3-6-12-25/h3-16,24,27H,17-23H2,1-2H3,(H,33,37)(H,35,36). The van der Waals surface area contributed by atoms with E-state index in [9.17, 15) is 14.7 Å². The predicted octanol–water partition coefficient (Wildman–Crippen LogP) is 6.15. The fourth-order valence-corrected chi connectivity index (χ4v) is 5.52. The first-order chi connectivity index (χ1) is 17.9. The lowest BCUT2D eigenvalue weighted by Gasteiger charge is -2.38. The van der Waals surface area contributed by atoms with Crippen LogP contribution < -0.4 is 5.32 Å². The minimum atomic E-state index is -0.760. The molecule has 5 heteroatoms. The van der Waals surface area contributed by atoms with Gasteiger partial charge in [-0.25, -0.2) is 0 Å². The summed E-state index contributed by atoms with van der Waals surface area (Å²) in [5.41, 5.74) is 3.40. The highest BCUT2D eigenvalue weighted by Gasteiger charge is 2.31. The van der Waals surface area contributed by atoms with Crippen LogP contribution in [0.5, 0.6) is 0 Å². The molecule has 1 amide bonds. The first-order valence-electron chi connectivity index (χ1n) is 13.3. The zero-order valence-electron chi connectivity index (χ0n) is 21.9. The van der Waals surface area contributed by atoms with E-state index in [2.05, 4.69) is 24.1 Å². The van der Waals surface area contributed by atoms with E-state index in [4.69, 9.17) is 0 Å². The first kappa shape index (κ1) is 26.6. The van der Waals surface area contributed by atoms with Crippen LogP contribution >= 0.6 is 0 Å². The molecule has 2 unspecified atom stereocenters. The van der Waals surface area contributed by atoms with Crippen molar-refractivity contribution in [2.75, 3.05) is 13.1 Å². The van der Waals surface area contributed by atoms with Crippen LogP contribution in [-0.2, 0) is 10.2 Å². The Hall–Kier alpha value is -3.44. The summed E-state index contributed by atoms with van der Waals surface area (Å²) in [5, 5.41) is 12.8. The Morgan fingerprint density at radius 3 is 2.19 bits per heavy atom. The highest BCUT2D eigenvalue weighted by Crippen LogP contribution is 2.34. The zero-order valence-corrected chi connectivity index (χ0v) is 21.9. The van der Waals surface area contributed by atoms with Gasteiger partial charge in [-0.2, -0.15) is 0 Å². The number of amides is 1. The van der Waals surface area contributed by atoms with Gasteiger partial charge in [0.25, 0.3) is 5.91 Å². The average Bonchev–Trinajstić information content (AvgIpc) is 2.93. The van der Waals surface area contributed by atoms with Gasteiger partial charge in [-0.3, -0.25) is 9.59 Å². The Balaban J connectivity index is 1.31. The van der Waals surface area contributed by atoms with Crippen LogP contribution in [0.25, 0.3) is 11.1 Å². The molecule has 0 bridgehead atoms. The maximum absolute atomic E-state index is 13.2. The van der Waals surface area contributed by atoms with E-state index in [0.717, 1.165) is 55.5 Å². The van der Waals surface area contributed by atoms with Gasteiger partial charge in [0.1, 0.15) is 0 Å². The Morgan fingerprint density at radius 1 is 0.946 bits per heavy atom. The molecule has 3 aromatic rings. The van der Waals surface area contributed by atoms with Crippen molar-refractivity contribution in [2.24, 2.45) is 0 Å². The first-order valence-corrected chi connectivity index (χ1v) is 13.3. The minimum absolute atomic E-state index is 0.0155. The quantitative estimate of drug-likeness (QED) is 0.352. The fraction of sp³-hybridized carbons (Fsp3) is 0.375. The number of carboxylic acids is 1. The number of carbonyl (C=O) groups excluding carboxylic acids is 1. The maximum atomic E-state index is 13.2. The Morgan fingerprint density at radius 2 is 1.54 bits per heavy atom. The molecule has 1 saturated heterocycles. The summed E-state index contributed by atoms with van der Waals surface area (Å²) >= 11 is 0. The highest BCUT2D eigenvalue weighted by atomic mass is 16.4. The van der Waals surface area contributed by atoms with E-state index in [-0.39, 0.29) is 23.8 Å². The summed E-state index contributed by atoms with van der Waals surface area (Å²) in [5.74, 6) is -0.775. The molecule has 1 aliphatic heterocycles. The molecule has 4 rings (SSSR count). The van der Waals surface area contributed by atoms with Gasteiger partial charge in [0.05, 0.1) is 6.42 Å². The van der Waals surface area contributed by atoms with Gasteiger partial charge in [0.15, 0.2) is 0 Å². The van der Waals surface area contributed by atoms with Crippen LogP contribution in [0.1, 0.15) is 61.9 Å². The summed E-state index contributed by atoms with van der Waals surface area (Å²) in [7, 11) is 0. The van der Waals surface area contributed by atoms with Gasteiger partial charge >= 0.3 is 5.97 Å². The monoisotopic (exact) mass is 498 g/mol. The summed E-state index contributed by atoms with van der Waals surface area (Å²) in [6, 6.07) is 28.3. The molecule has 1 heterocycles. The molecule has 1 aliphatic rings. The second-order valence-electron chi connectivity index (χ2n) is 10.6. The normalized spacial score (nSPS) is 17.0. The molecule has 2 N–H and O–H groups in total. The van der Waals surface area contributed by atoms with Crippen molar-refractivity contribution < 1.29 is 14.7 Å². The lowest BCUT2D eigenvalue weighted by Crippen LogP contribution is -2.47. The van der Waals surface area contributed by atoms with Crippen molar-refractivity contribution in [3.05, 3.63) is 96.1 Å². The third kappa shape index (κ3) is 6.86. The molecular weight excluding hydrogens is 460 g/mol. The molecule has 0 radical (unpaired) electrons. The molecule has 0 saturated carbocycles. The van der Waals surface area contributed by atoms with Gasteiger partial charge in [-0.1, -0.05) is 85.8 Å². The van der Waals surface area contributed by atoms with Crippen molar-refractivity contribution >= 4 is 11.9 Å². The zero-order chi connectivity index (χ0) is 26.3. The van der Waals surface area contributed by atoms with Crippen LogP contribution in [0.4, 0.5) is 0 Å². The topological polar surface area (TPSA) is 69.6 Å². The maximum Gasteiger partial charge on any atom is 0.304 e. The minimum Gasteiger partial charge on any atom is -0.481 e. The summed E-state index contributed by atoms with van der Waals surface area (Å²) in [6.07, 6.45) is 3.70. The summed E-state index contributed by atoms with van der Waals surface area (Å²) in [6.45, 7) is 6.15. The smallest absolute Gasteiger partial charge is 0.304 e. The molecular formula is C32H38N2O3. The SMILES string of the molecule is CC(CCC(C)(CC(=O)O)c1ccccc1)N1CCC(NC(=O)c2ccccc2-c2ccccc2)CC1. The van der Waals surface area contributed by atoms with Crippen LogP contribution in [-0.4, -0.2) is 47.1 Å². The summed E-state index contributed by atoms with van der Waals surface area (Å²) < 4.78 is 0. The predicted molar refractivity (Wildman–Crippen MR) is 149 cm³/mol. The van der Waals surface area contributed by atoms with Gasteiger partial charge in [0.2, 0.25) is 0 Å². The number of carbonyl (C=O) groups is 2. The van der Waals surface area contributed by atoms with E-state index in [1.807, 2.05) is 84.9 Å². The van der Waals surface area contributed by atoms with E-state index < -0.39 is 5.97 Å². The van der Waals surface area contributed by atoms with E-state index in [1.54, 1.807) is 0 Å². The number of piperidine rings is 1. The largest absolute Gasteiger partial charge is 0.481 e. The molecule has 3 aromatic carbocycles. The highest BCUT2D eigenvalue weighted by molar-refractivity contribution is 6.01. The number of hydrogen-bond donors (Lipinski definition) is 2. The number of nitrogens with zero attached hydrogens (tertiary/aromatic N) is 1. The molecule has 2 atom stereocenters. The second kappa shape index (κ2) is 12.2.